The van der Waals surface area contributed by atoms with Gasteiger partial charge in [0.05, 0.1) is 11.4 Å². The van der Waals surface area contributed by atoms with Crippen molar-refractivity contribution in [2.75, 3.05) is 37.3 Å². The lowest BCUT2D eigenvalue weighted by Crippen LogP contribution is -2.55. The second-order valence-electron chi connectivity index (χ2n) is 11.0. The molecule has 2 fully saturated rings. The summed E-state index contributed by atoms with van der Waals surface area (Å²) in [5.74, 6) is 0.899. The van der Waals surface area contributed by atoms with Crippen molar-refractivity contribution in [3.8, 4) is 11.1 Å². The van der Waals surface area contributed by atoms with Crippen LogP contribution in [-0.4, -0.2) is 71.9 Å². The van der Waals surface area contributed by atoms with Gasteiger partial charge in [-0.05, 0) is 79.6 Å². The van der Waals surface area contributed by atoms with E-state index in [1.165, 1.54) is 12.3 Å². The van der Waals surface area contributed by atoms with Gasteiger partial charge in [-0.3, -0.25) is 24.5 Å². The average molecular weight is 598 g/mol. The fourth-order valence-electron chi connectivity index (χ4n) is 5.97. The number of nitrogens with zero attached hydrogens (tertiary/aromatic N) is 5. The zero-order valence-electron chi connectivity index (χ0n) is 24.7. The molecule has 0 radical (unpaired) electrons. The highest BCUT2D eigenvalue weighted by Gasteiger charge is 2.33. The summed E-state index contributed by atoms with van der Waals surface area (Å²) in [5.41, 5.74) is 12.6. The normalized spacial score (nSPS) is 17.0. The number of hydrogen-bond donors (Lipinski definition) is 2. The number of amides is 2. The molecule has 10 heteroatoms. The number of nitrogens with one attached hydrogen (secondary N) is 1. The maximum atomic E-state index is 13.0. The van der Waals surface area contributed by atoms with Crippen molar-refractivity contribution in [1.29, 1.82) is 5.41 Å². The zero-order valence-corrected chi connectivity index (χ0v) is 25.4. The predicted molar refractivity (Wildman–Crippen MR) is 174 cm³/mol. The van der Waals surface area contributed by atoms with E-state index in [1.54, 1.807) is 29.1 Å². The highest BCUT2D eigenvalue weighted by atomic mass is 35.5. The van der Waals surface area contributed by atoms with Crippen molar-refractivity contribution in [3.05, 3.63) is 82.7 Å². The minimum Gasteiger partial charge on any atom is -0.398 e. The van der Waals surface area contributed by atoms with Crippen LogP contribution in [0.3, 0.4) is 0 Å². The van der Waals surface area contributed by atoms with Gasteiger partial charge in [0.1, 0.15) is 5.84 Å². The van der Waals surface area contributed by atoms with Gasteiger partial charge in [-0.15, -0.1) is 0 Å². The van der Waals surface area contributed by atoms with Crippen LogP contribution in [-0.2, 0) is 9.59 Å². The Balaban J connectivity index is 1.72. The molecule has 5 rings (SSSR count). The molecule has 43 heavy (non-hydrogen) atoms. The molecule has 2 aliphatic rings. The lowest BCUT2D eigenvalue weighted by atomic mass is 9.92. The number of benzene rings is 2. The van der Waals surface area contributed by atoms with E-state index in [0.717, 1.165) is 41.6 Å². The molecule has 1 saturated carbocycles. The summed E-state index contributed by atoms with van der Waals surface area (Å²) < 4.78 is 0. The number of piperazine rings is 1. The van der Waals surface area contributed by atoms with Crippen molar-refractivity contribution in [2.45, 2.75) is 38.6 Å². The summed E-state index contributed by atoms with van der Waals surface area (Å²) in [6.45, 7) is 9.18. The summed E-state index contributed by atoms with van der Waals surface area (Å²) in [5, 5.41) is 8.55. The molecule has 222 valence electrons. The first kappa shape index (κ1) is 30.0. The van der Waals surface area contributed by atoms with Gasteiger partial charge in [-0.25, -0.2) is 0 Å². The Morgan fingerprint density at radius 1 is 1.23 bits per heavy atom. The van der Waals surface area contributed by atoms with Crippen molar-refractivity contribution in [1.82, 2.24) is 14.8 Å². The molecule has 1 aliphatic carbocycles. The zero-order chi connectivity index (χ0) is 30.8. The van der Waals surface area contributed by atoms with Crippen LogP contribution in [0.5, 0.6) is 0 Å². The molecule has 2 amide bonds. The largest absolute Gasteiger partial charge is 0.398 e. The molecule has 1 aliphatic heterocycles. The molecule has 1 saturated heterocycles. The van der Waals surface area contributed by atoms with E-state index in [9.17, 15) is 9.59 Å². The van der Waals surface area contributed by atoms with Crippen LogP contribution in [0.15, 0.2) is 60.4 Å². The maximum Gasteiger partial charge on any atom is 0.246 e. The van der Waals surface area contributed by atoms with E-state index in [4.69, 9.17) is 27.7 Å². The standard InChI is InChI=1S/C33H36ClN7O2/c1-5-31(43)39-12-13-40(21(3)18-39)33(37-4)24-14-27(34)23(32-20(2)6-9-28(36)25(32)16-35)15-30(24)41(19-42)29-10-11-38-17-26(29)22-7-8-22/h5-6,9-11,14-17,19,21-22,35H,1,7-8,12-13,18,36H2,2-4H3. The second kappa shape index (κ2) is 12.4. The lowest BCUT2D eigenvalue weighted by Gasteiger charge is -2.42. The number of rotatable bonds is 8. The Labute approximate surface area is 257 Å². The van der Waals surface area contributed by atoms with E-state index in [1.807, 2.05) is 44.3 Å². The Kier molecular flexibility index (Phi) is 8.64. The second-order valence-corrected chi connectivity index (χ2v) is 11.4. The van der Waals surface area contributed by atoms with Crippen molar-refractivity contribution in [2.24, 2.45) is 4.99 Å². The first-order valence-electron chi connectivity index (χ1n) is 14.3. The Morgan fingerprint density at radius 3 is 2.63 bits per heavy atom. The van der Waals surface area contributed by atoms with Crippen molar-refractivity contribution in [3.63, 3.8) is 0 Å². The number of anilines is 3. The summed E-state index contributed by atoms with van der Waals surface area (Å²) in [6, 6.07) is 9.21. The number of pyridine rings is 1. The molecule has 0 spiro atoms. The van der Waals surface area contributed by atoms with E-state index in [-0.39, 0.29) is 11.9 Å². The number of nitrogen functional groups attached to an aromatic ring is 1. The molecule has 2 aromatic carbocycles. The fraction of sp³-hybridized carbons (Fsp3) is 0.303. The molecule has 0 bridgehead atoms. The first-order chi connectivity index (χ1) is 20.7. The highest BCUT2D eigenvalue weighted by Crippen LogP contribution is 2.47. The van der Waals surface area contributed by atoms with E-state index in [2.05, 4.69) is 16.5 Å². The molecular weight excluding hydrogens is 562 g/mol. The molecule has 1 atom stereocenters. The predicted octanol–water partition coefficient (Wildman–Crippen LogP) is 5.56. The Bertz CT molecular complexity index is 1630. The van der Waals surface area contributed by atoms with Crippen LogP contribution in [0.4, 0.5) is 17.1 Å². The summed E-state index contributed by atoms with van der Waals surface area (Å²) >= 11 is 7.06. The van der Waals surface area contributed by atoms with Gasteiger partial charge in [-0.1, -0.05) is 24.2 Å². The number of halogens is 1. The van der Waals surface area contributed by atoms with Crippen LogP contribution in [0.25, 0.3) is 11.1 Å². The summed E-state index contributed by atoms with van der Waals surface area (Å²) in [4.78, 5) is 40.0. The van der Waals surface area contributed by atoms with E-state index >= 15 is 0 Å². The molecule has 3 N–H and O–H groups in total. The van der Waals surface area contributed by atoms with Gasteiger partial charge in [0.2, 0.25) is 12.3 Å². The molecule has 1 unspecified atom stereocenters. The van der Waals surface area contributed by atoms with Crippen molar-refractivity contribution >= 4 is 53.0 Å². The number of carbonyl (C=O) groups is 2. The fourth-order valence-corrected chi connectivity index (χ4v) is 6.22. The minimum absolute atomic E-state index is 0.0593. The Morgan fingerprint density at radius 2 is 2.00 bits per heavy atom. The molecule has 2 heterocycles. The number of aliphatic imine (C=N–C) groups is 1. The molecule has 1 aromatic heterocycles. The third kappa shape index (κ3) is 5.64. The number of amidine groups is 1. The number of aryl methyl sites for hydroxylation is 1. The lowest BCUT2D eigenvalue weighted by molar-refractivity contribution is -0.128. The number of nitrogens with two attached hydrogens (primary N) is 1. The topological polar surface area (TPSA) is 119 Å². The average Bonchev–Trinajstić information content (AvgIpc) is 3.86. The van der Waals surface area contributed by atoms with Gasteiger partial charge in [0.25, 0.3) is 0 Å². The highest BCUT2D eigenvalue weighted by molar-refractivity contribution is 6.34. The summed E-state index contributed by atoms with van der Waals surface area (Å²) in [6.07, 6.45) is 9.00. The third-order valence-corrected chi connectivity index (χ3v) is 8.61. The third-order valence-electron chi connectivity index (χ3n) is 8.29. The molecular formula is C33H36ClN7O2. The van der Waals surface area contributed by atoms with Gasteiger partial charge >= 0.3 is 0 Å². The van der Waals surface area contributed by atoms with Gasteiger partial charge < -0.3 is 20.9 Å². The first-order valence-corrected chi connectivity index (χ1v) is 14.7. The van der Waals surface area contributed by atoms with E-state index < -0.39 is 0 Å². The van der Waals surface area contributed by atoms with Crippen LogP contribution >= 0.6 is 11.6 Å². The van der Waals surface area contributed by atoms with E-state index in [0.29, 0.717) is 64.5 Å². The van der Waals surface area contributed by atoms with Crippen LogP contribution in [0.1, 0.15) is 47.9 Å². The number of hydrogen-bond acceptors (Lipinski definition) is 6. The molecule has 3 aromatic rings. The Hall–Kier alpha value is -4.50. The monoisotopic (exact) mass is 597 g/mol. The van der Waals surface area contributed by atoms with Crippen LogP contribution in [0.2, 0.25) is 5.02 Å². The van der Waals surface area contributed by atoms with Gasteiger partial charge in [0.15, 0.2) is 0 Å². The minimum atomic E-state index is -0.105. The maximum absolute atomic E-state index is 13.0. The summed E-state index contributed by atoms with van der Waals surface area (Å²) in [7, 11) is 1.72. The van der Waals surface area contributed by atoms with Crippen molar-refractivity contribution < 1.29 is 9.59 Å². The van der Waals surface area contributed by atoms with Gasteiger partial charge in [0, 0.05) is 78.7 Å². The van der Waals surface area contributed by atoms with Gasteiger partial charge in [-0.2, -0.15) is 0 Å². The SMILES string of the molecule is C=CC(=O)N1CCN(C(=NC)c2cc(Cl)c(-c3c(C)ccc(N)c3C=N)cc2N(C=O)c2ccncc2C2CC2)C(C)C1. The smallest absolute Gasteiger partial charge is 0.246 e. The number of carbonyl (C=O) groups excluding carboxylic acids is 2. The molecule has 9 nitrogen and oxygen atoms in total. The number of aromatic nitrogens is 1. The van der Waals surface area contributed by atoms with Crippen LogP contribution < -0.4 is 10.6 Å². The quantitative estimate of drug-likeness (QED) is 0.116. The van der Waals surface area contributed by atoms with Crippen LogP contribution in [0, 0.1) is 12.3 Å².